The molecule has 0 saturated carbocycles. The summed E-state index contributed by atoms with van der Waals surface area (Å²) in [5.74, 6) is 0. The van der Waals surface area contributed by atoms with Crippen molar-refractivity contribution in [2.45, 2.75) is 6.18 Å². The van der Waals surface area contributed by atoms with Gasteiger partial charge in [-0.2, -0.15) is 29.0 Å². The molecule has 1 aromatic rings. The quantitative estimate of drug-likeness (QED) is 0.480. The topological polar surface area (TPSA) is 127 Å². The maximum absolute atomic E-state index is 13.2. The second kappa shape index (κ2) is 6.77. The van der Waals surface area contributed by atoms with Crippen LogP contribution in [0.5, 0.6) is 0 Å². The second-order valence-electron chi connectivity index (χ2n) is 3.78. The molecule has 0 radical (unpaired) electrons. The number of nitro benzene ring substituents is 1. The van der Waals surface area contributed by atoms with Crippen LogP contribution >= 0.6 is 15.9 Å². The molecule has 0 saturated heterocycles. The summed E-state index contributed by atoms with van der Waals surface area (Å²) in [4.78, 5) is 9.86. The number of hydrogen-bond acceptors (Lipinski definition) is 6. The molecule has 0 aromatic heterocycles. The Kier molecular flexibility index (Phi) is 5.29. The average Bonchev–Trinajstić information content (AvgIpc) is 2.45. The van der Waals surface area contributed by atoms with E-state index < -0.39 is 43.8 Å². The van der Waals surface area contributed by atoms with Gasteiger partial charge in [0.25, 0.3) is 5.69 Å². The standard InChI is InChI=1S/C12H3BrF3N5O2/c13-7-1-2-9(21(22)23)11(10(7)12(14,15)16)20-8(5-19)6(3-17)4-18/h1-2,20H. The second-order valence-corrected chi connectivity index (χ2v) is 4.64. The molecule has 11 heteroatoms. The maximum atomic E-state index is 13.2. The number of nitriles is 3. The third kappa shape index (κ3) is 3.76. The molecule has 1 N–H and O–H groups in total. The normalized spacial score (nSPS) is 9.96. The predicted octanol–water partition coefficient (Wildman–Crippen LogP) is 3.61. The average molecular weight is 386 g/mol. The fraction of sp³-hybridized carbons (Fsp3) is 0.0833. The Balaban J connectivity index is 3.76. The first-order valence-corrected chi connectivity index (χ1v) is 6.22. The van der Waals surface area contributed by atoms with Gasteiger partial charge in [-0.15, -0.1) is 0 Å². The van der Waals surface area contributed by atoms with Gasteiger partial charge in [-0.1, -0.05) is 15.9 Å². The third-order valence-electron chi connectivity index (χ3n) is 2.45. The maximum Gasteiger partial charge on any atom is 0.419 e. The van der Waals surface area contributed by atoms with E-state index >= 15 is 0 Å². The zero-order valence-corrected chi connectivity index (χ0v) is 12.4. The number of anilines is 1. The molecular formula is C12H3BrF3N5O2. The summed E-state index contributed by atoms with van der Waals surface area (Å²) in [6.07, 6.45) is -4.99. The van der Waals surface area contributed by atoms with Gasteiger partial charge < -0.3 is 5.32 Å². The summed E-state index contributed by atoms with van der Waals surface area (Å²) >= 11 is 2.64. The van der Waals surface area contributed by atoms with Gasteiger partial charge >= 0.3 is 6.18 Å². The van der Waals surface area contributed by atoms with E-state index in [9.17, 15) is 23.3 Å². The number of hydrogen-bond donors (Lipinski definition) is 1. The Morgan fingerprint density at radius 2 is 1.78 bits per heavy atom. The smallest absolute Gasteiger partial charge is 0.339 e. The summed E-state index contributed by atoms with van der Waals surface area (Å²) < 4.78 is 38.9. The lowest BCUT2D eigenvalue weighted by Crippen LogP contribution is -2.14. The van der Waals surface area contributed by atoms with Crippen molar-refractivity contribution < 1.29 is 18.1 Å². The van der Waals surface area contributed by atoms with E-state index in [4.69, 9.17) is 15.8 Å². The molecule has 0 spiro atoms. The van der Waals surface area contributed by atoms with Crippen LogP contribution in [0.3, 0.4) is 0 Å². The summed E-state index contributed by atoms with van der Waals surface area (Å²) in [5, 5.41) is 39.1. The molecule has 1 aromatic carbocycles. The van der Waals surface area contributed by atoms with E-state index in [1.54, 1.807) is 0 Å². The molecule has 0 unspecified atom stereocenters. The van der Waals surface area contributed by atoms with Crippen LogP contribution in [-0.4, -0.2) is 4.92 Å². The van der Waals surface area contributed by atoms with Crippen molar-refractivity contribution in [1.29, 1.82) is 15.8 Å². The molecule has 0 heterocycles. The van der Waals surface area contributed by atoms with E-state index in [0.29, 0.717) is 0 Å². The molecule has 0 aliphatic rings. The van der Waals surface area contributed by atoms with Crippen LogP contribution in [0.2, 0.25) is 0 Å². The molecule has 0 aliphatic carbocycles. The van der Waals surface area contributed by atoms with Crippen molar-refractivity contribution in [2.24, 2.45) is 0 Å². The number of nitro groups is 1. The number of alkyl halides is 3. The third-order valence-corrected chi connectivity index (χ3v) is 3.11. The molecule has 0 atom stereocenters. The Morgan fingerprint density at radius 1 is 1.22 bits per heavy atom. The minimum absolute atomic E-state index is 0.508. The zero-order chi connectivity index (χ0) is 17.8. The lowest BCUT2D eigenvalue weighted by Gasteiger charge is -2.15. The van der Waals surface area contributed by atoms with Crippen molar-refractivity contribution in [3.63, 3.8) is 0 Å². The van der Waals surface area contributed by atoms with Crippen molar-refractivity contribution in [3.05, 3.63) is 43.6 Å². The molecule has 0 bridgehead atoms. The van der Waals surface area contributed by atoms with Crippen molar-refractivity contribution in [2.75, 3.05) is 5.32 Å². The first-order valence-electron chi connectivity index (χ1n) is 5.43. The van der Waals surface area contributed by atoms with Gasteiger partial charge in [0, 0.05) is 10.5 Å². The van der Waals surface area contributed by atoms with Crippen LogP contribution in [0.25, 0.3) is 0 Å². The lowest BCUT2D eigenvalue weighted by atomic mass is 10.1. The Labute approximate surface area is 135 Å². The first kappa shape index (κ1) is 18.0. The van der Waals surface area contributed by atoms with Crippen LogP contribution in [0, 0.1) is 44.1 Å². The number of halogens is 4. The molecule has 0 fully saturated rings. The highest BCUT2D eigenvalue weighted by atomic mass is 79.9. The fourth-order valence-electron chi connectivity index (χ4n) is 1.53. The summed E-state index contributed by atoms with van der Waals surface area (Å²) in [6, 6.07) is 5.58. The predicted molar refractivity (Wildman–Crippen MR) is 73.3 cm³/mol. The molecule has 116 valence electrons. The number of benzene rings is 1. The first-order chi connectivity index (χ1) is 10.7. The lowest BCUT2D eigenvalue weighted by molar-refractivity contribution is -0.384. The minimum Gasteiger partial charge on any atom is -0.339 e. The van der Waals surface area contributed by atoms with E-state index in [1.807, 2.05) is 5.32 Å². The highest BCUT2D eigenvalue weighted by molar-refractivity contribution is 9.10. The van der Waals surface area contributed by atoms with Gasteiger partial charge in [0.15, 0.2) is 5.57 Å². The summed E-state index contributed by atoms with van der Waals surface area (Å²) in [7, 11) is 0. The van der Waals surface area contributed by atoms with E-state index in [2.05, 4.69) is 15.9 Å². The molecular weight excluding hydrogens is 383 g/mol. The van der Waals surface area contributed by atoms with Crippen LogP contribution in [-0.2, 0) is 6.18 Å². The minimum atomic E-state index is -4.99. The Bertz CT molecular complexity index is 811. The largest absolute Gasteiger partial charge is 0.419 e. The van der Waals surface area contributed by atoms with Gasteiger partial charge in [-0.3, -0.25) is 10.1 Å². The van der Waals surface area contributed by atoms with Gasteiger partial charge in [0.05, 0.1) is 4.92 Å². The van der Waals surface area contributed by atoms with E-state index in [-0.39, 0.29) is 0 Å². The van der Waals surface area contributed by atoms with E-state index in [0.717, 1.165) is 12.1 Å². The highest BCUT2D eigenvalue weighted by Crippen LogP contribution is 2.44. The summed E-state index contributed by atoms with van der Waals surface area (Å²) in [6.45, 7) is 0. The molecule has 7 nitrogen and oxygen atoms in total. The van der Waals surface area contributed by atoms with Crippen molar-refractivity contribution in [1.82, 2.24) is 0 Å². The van der Waals surface area contributed by atoms with Gasteiger partial charge in [0.2, 0.25) is 0 Å². The number of rotatable bonds is 3. The SMILES string of the molecule is N#CC(C#N)=C(C#N)Nc1c([N+](=O)[O-])ccc(Br)c1C(F)(F)F. The number of nitrogens with zero attached hydrogens (tertiary/aromatic N) is 4. The Morgan fingerprint density at radius 3 is 2.17 bits per heavy atom. The van der Waals surface area contributed by atoms with Gasteiger partial charge in [-0.05, 0) is 6.07 Å². The van der Waals surface area contributed by atoms with Crippen LogP contribution < -0.4 is 5.32 Å². The Hall–Kier alpha value is -3.10. The number of nitrogens with one attached hydrogen (secondary N) is 1. The fourth-order valence-corrected chi connectivity index (χ4v) is 2.09. The highest BCUT2D eigenvalue weighted by Gasteiger charge is 2.39. The van der Waals surface area contributed by atoms with Crippen LogP contribution in [0.4, 0.5) is 24.5 Å². The molecule has 1 rings (SSSR count). The summed E-state index contributed by atoms with van der Waals surface area (Å²) in [5.41, 5.74) is -5.09. The van der Waals surface area contributed by atoms with E-state index in [1.165, 1.54) is 18.2 Å². The van der Waals surface area contributed by atoms with Crippen molar-refractivity contribution in [3.8, 4) is 18.2 Å². The van der Waals surface area contributed by atoms with Gasteiger partial charge in [0.1, 0.15) is 35.2 Å². The zero-order valence-electron chi connectivity index (χ0n) is 10.8. The number of allylic oxidation sites excluding steroid dienone is 2. The monoisotopic (exact) mass is 385 g/mol. The van der Waals surface area contributed by atoms with Gasteiger partial charge in [-0.25, -0.2) is 0 Å². The molecule has 23 heavy (non-hydrogen) atoms. The van der Waals surface area contributed by atoms with Crippen LogP contribution in [0.15, 0.2) is 27.9 Å². The molecule has 0 amide bonds. The molecule has 0 aliphatic heterocycles. The van der Waals surface area contributed by atoms with Crippen molar-refractivity contribution >= 4 is 27.3 Å². The van der Waals surface area contributed by atoms with Crippen LogP contribution in [0.1, 0.15) is 5.56 Å².